The maximum Gasteiger partial charge on any atom is 0.0814 e. The molecule has 0 aromatic heterocycles. The van der Waals surface area contributed by atoms with E-state index in [1.165, 1.54) is 64.3 Å². The van der Waals surface area contributed by atoms with Crippen LogP contribution in [0.25, 0.3) is 0 Å². The Balaban J connectivity index is 0. The zero-order valence-corrected chi connectivity index (χ0v) is 10.5. The molecule has 0 radical (unpaired) electrons. The summed E-state index contributed by atoms with van der Waals surface area (Å²) >= 11 is 0. The molecule has 0 fully saturated rings. The third-order valence-corrected chi connectivity index (χ3v) is 2.71. The number of unbranched alkanes of at least 4 members (excludes halogenated alkanes) is 8. The van der Waals surface area contributed by atoms with E-state index in [2.05, 4.69) is 25.9 Å². The monoisotopic (exact) mass is 213 g/mol. The van der Waals surface area contributed by atoms with Gasteiger partial charge in [0.05, 0.1) is 8.41 Å². The molecule has 0 aromatic rings. The third kappa shape index (κ3) is 16.7. The van der Waals surface area contributed by atoms with Crippen LogP contribution in [0.2, 0.25) is 0 Å². The molecule has 1 nitrogen and oxygen atoms in total. The van der Waals surface area contributed by atoms with Gasteiger partial charge in [-0.25, -0.2) is 0 Å². The zero-order chi connectivity index (χ0) is 10.6. The molecular weight excluding hydrogens is 181 g/mol. The molecule has 0 spiro atoms. The molecule has 0 aromatic carbocycles. The lowest BCUT2D eigenvalue weighted by molar-refractivity contribution is 0.389. The van der Waals surface area contributed by atoms with Gasteiger partial charge in [-0.1, -0.05) is 58.3 Å². The van der Waals surface area contributed by atoms with Gasteiger partial charge in [-0.05, 0) is 27.1 Å². The first-order valence-electron chi connectivity index (χ1n) is 6.42. The summed E-state index contributed by atoms with van der Waals surface area (Å²) in [5.74, 6) is 0. The van der Waals surface area contributed by atoms with Crippen molar-refractivity contribution in [3.05, 3.63) is 0 Å². The highest BCUT2D eigenvalue weighted by atomic mass is 15.0. The summed E-state index contributed by atoms with van der Waals surface area (Å²) in [5.41, 5.74) is 0. The van der Waals surface area contributed by atoms with Crippen molar-refractivity contribution in [2.45, 2.75) is 64.7 Å². The van der Waals surface area contributed by atoms with Crippen molar-refractivity contribution in [3.8, 4) is 0 Å². The van der Waals surface area contributed by atoms with Gasteiger partial charge in [-0.15, -0.1) is 0 Å². The van der Waals surface area contributed by atoms with Crippen molar-refractivity contribution in [3.63, 3.8) is 0 Å². The average Bonchev–Trinajstić information content (AvgIpc) is 2.15. The minimum atomic E-state index is 0. The average molecular weight is 213 g/mol. The van der Waals surface area contributed by atoms with Crippen LogP contribution in [0.5, 0.6) is 0 Å². The molecule has 2 heteroatoms. The Morgan fingerprint density at radius 1 is 0.667 bits per heavy atom. The first-order chi connectivity index (χ1) is 6.77. The van der Waals surface area contributed by atoms with Crippen molar-refractivity contribution in [1.29, 1.82) is 0 Å². The van der Waals surface area contributed by atoms with E-state index in [0.29, 0.717) is 0 Å². The van der Waals surface area contributed by atoms with Crippen molar-refractivity contribution in [1.82, 2.24) is 4.90 Å². The third-order valence-electron chi connectivity index (χ3n) is 2.71. The van der Waals surface area contributed by atoms with Crippen LogP contribution in [0, 0.1) is 0 Å². The first kappa shape index (κ1) is 17.4. The molecule has 0 aliphatic carbocycles. The van der Waals surface area contributed by atoms with E-state index < -0.39 is 0 Å². The van der Waals surface area contributed by atoms with Crippen molar-refractivity contribution < 1.29 is 0 Å². The van der Waals surface area contributed by atoms with Crippen LogP contribution in [0.15, 0.2) is 0 Å². The Hall–Kier alpha value is 0.0249. The standard InChI is InChI=1S/C13H29N.BH3/c1-4-5-6-7-8-9-10-11-12-13-14(2)3;/h4-13H2,1-3H3;1H3. The van der Waals surface area contributed by atoms with Gasteiger partial charge in [0.2, 0.25) is 0 Å². The number of rotatable bonds is 10. The molecule has 0 saturated carbocycles. The summed E-state index contributed by atoms with van der Waals surface area (Å²) in [4.78, 5) is 2.28. The fourth-order valence-electron chi connectivity index (χ4n) is 1.74. The van der Waals surface area contributed by atoms with E-state index in [4.69, 9.17) is 0 Å². The van der Waals surface area contributed by atoms with Gasteiger partial charge >= 0.3 is 0 Å². The maximum atomic E-state index is 2.28. The van der Waals surface area contributed by atoms with Crippen molar-refractivity contribution in [2.24, 2.45) is 0 Å². The van der Waals surface area contributed by atoms with Gasteiger partial charge in [0.25, 0.3) is 0 Å². The SMILES string of the molecule is B.CCCCCCCCCCCN(C)C. The van der Waals surface area contributed by atoms with E-state index >= 15 is 0 Å². The Bertz CT molecular complexity index is 105. The molecule has 0 N–H and O–H groups in total. The highest BCUT2D eigenvalue weighted by molar-refractivity contribution is 5.75. The van der Waals surface area contributed by atoms with Gasteiger partial charge in [0.1, 0.15) is 0 Å². The van der Waals surface area contributed by atoms with Crippen molar-refractivity contribution in [2.75, 3.05) is 20.6 Å². The van der Waals surface area contributed by atoms with Crippen LogP contribution in [0.1, 0.15) is 64.7 Å². The Kier molecular flexibility index (Phi) is 16.3. The molecule has 0 rings (SSSR count). The van der Waals surface area contributed by atoms with Gasteiger partial charge in [-0.2, -0.15) is 0 Å². The smallest absolute Gasteiger partial charge is 0.0814 e. The minimum absolute atomic E-state index is 0. The lowest BCUT2D eigenvalue weighted by Gasteiger charge is -2.08. The van der Waals surface area contributed by atoms with Crippen LogP contribution < -0.4 is 0 Å². The van der Waals surface area contributed by atoms with E-state index in [1.807, 2.05) is 0 Å². The summed E-state index contributed by atoms with van der Waals surface area (Å²) in [5, 5.41) is 0. The zero-order valence-electron chi connectivity index (χ0n) is 10.5. The number of hydrogen-bond acceptors (Lipinski definition) is 1. The molecule has 15 heavy (non-hydrogen) atoms. The summed E-state index contributed by atoms with van der Waals surface area (Å²) in [6.45, 7) is 3.54. The summed E-state index contributed by atoms with van der Waals surface area (Å²) < 4.78 is 0. The molecule has 92 valence electrons. The Morgan fingerprint density at radius 3 is 1.47 bits per heavy atom. The van der Waals surface area contributed by atoms with Crippen molar-refractivity contribution >= 4 is 8.41 Å². The first-order valence-corrected chi connectivity index (χ1v) is 6.42. The fourth-order valence-corrected chi connectivity index (χ4v) is 1.74. The topological polar surface area (TPSA) is 3.24 Å². The quantitative estimate of drug-likeness (QED) is 0.398. The summed E-state index contributed by atoms with van der Waals surface area (Å²) in [6, 6.07) is 0. The van der Waals surface area contributed by atoms with E-state index in [-0.39, 0.29) is 8.41 Å². The Morgan fingerprint density at radius 2 is 1.07 bits per heavy atom. The number of hydrogen-bond donors (Lipinski definition) is 0. The molecule has 0 aliphatic rings. The number of nitrogens with zero attached hydrogens (tertiary/aromatic N) is 1. The molecule has 0 unspecified atom stereocenters. The van der Waals surface area contributed by atoms with Gasteiger partial charge in [0, 0.05) is 0 Å². The lowest BCUT2D eigenvalue weighted by atomic mass is 10.1. The Labute approximate surface area is 99.2 Å². The van der Waals surface area contributed by atoms with Crippen LogP contribution in [0.3, 0.4) is 0 Å². The highest BCUT2D eigenvalue weighted by Crippen LogP contribution is 2.09. The normalized spacial score (nSPS) is 10.4. The maximum absolute atomic E-state index is 2.28. The predicted octanol–water partition coefficient (Wildman–Crippen LogP) is 2.89. The van der Waals surface area contributed by atoms with Crippen LogP contribution >= 0.6 is 0 Å². The second kappa shape index (κ2) is 14.0. The minimum Gasteiger partial charge on any atom is -0.309 e. The van der Waals surface area contributed by atoms with Gasteiger partial charge < -0.3 is 4.90 Å². The van der Waals surface area contributed by atoms with E-state index in [9.17, 15) is 0 Å². The summed E-state index contributed by atoms with van der Waals surface area (Å²) in [7, 11) is 4.31. The molecular formula is C13H32BN. The second-order valence-electron chi connectivity index (χ2n) is 4.63. The van der Waals surface area contributed by atoms with Crippen LogP contribution in [-0.4, -0.2) is 34.0 Å². The molecule has 0 heterocycles. The second-order valence-corrected chi connectivity index (χ2v) is 4.63. The van der Waals surface area contributed by atoms with E-state index in [0.717, 1.165) is 0 Å². The van der Waals surface area contributed by atoms with Crippen LogP contribution in [0.4, 0.5) is 0 Å². The fraction of sp³-hybridized carbons (Fsp3) is 1.00. The lowest BCUT2D eigenvalue weighted by Crippen LogP contribution is -2.12. The largest absolute Gasteiger partial charge is 0.309 e. The molecule has 0 aliphatic heterocycles. The molecule has 0 saturated heterocycles. The summed E-state index contributed by atoms with van der Waals surface area (Å²) in [6.07, 6.45) is 12.9. The molecule has 0 bridgehead atoms. The molecule has 0 amide bonds. The van der Waals surface area contributed by atoms with Gasteiger partial charge in [-0.3, -0.25) is 0 Å². The molecule has 0 atom stereocenters. The van der Waals surface area contributed by atoms with E-state index in [1.54, 1.807) is 0 Å². The highest BCUT2D eigenvalue weighted by Gasteiger charge is 1.92. The van der Waals surface area contributed by atoms with Gasteiger partial charge in [0.15, 0.2) is 0 Å². The predicted molar refractivity (Wildman–Crippen MR) is 75.7 cm³/mol. The van der Waals surface area contributed by atoms with Crippen LogP contribution in [-0.2, 0) is 0 Å².